The van der Waals surface area contributed by atoms with Gasteiger partial charge in [-0.2, -0.15) is 0 Å². The number of carboxylic acids is 1. The highest BCUT2D eigenvalue weighted by Gasteiger charge is 2.34. The molecule has 0 spiro atoms. The molecule has 0 fully saturated rings. The average Bonchev–Trinajstić information content (AvgIpc) is 1.85. The highest BCUT2D eigenvalue weighted by Crippen LogP contribution is 2.24. The van der Waals surface area contributed by atoms with Crippen molar-refractivity contribution in [2.24, 2.45) is 5.41 Å². The monoisotopic (exact) mass is 174 g/mol. The maximum Gasteiger partial charge on any atom is 0.311 e. The van der Waals surface area contributed by atoms with Crippen LogP contribution in [0.15, 0.2) is 0 Å². The Morgan fingerprint density at radius 2 is 1.75 bits per heavy atom. The lowest BCUT2D eigenvalue weighted by Gasteiger charge is -2.28. The average molecular weight is 174 g/mol. The van der Waals surface area contributed by atoms with E-state index in [1.807, 2.05) is 13.8 Å². The van der Waals surface area contributed by atoms with Crippen molar-refractivity contribution in [1.82, 2.24) is 0 Å². The molecule has 0 radical (unpaired) electrons. The van der Waals surface area contributed by atoms with Gasteiger partial charge in [-0.3, -0.25) is 4.79 Å². The Hall–Kier alpha value is -0.570. The highest BCUT2D eigenvalue weighted by molar-refractivity contribution is 5.74. The molecule has 0 bridgehead atoms. The van der Waals surface area contributed by atoms with Crippen molar-refractivity contribution in [3.8, 4) is 0 Å². The molecule has 3 nitrogen and oxygen atoms in total. The third kappa shape index (κ3) is 2.81. The first kappa shape index (κ1) is 11.4. The summed E-state index contributed by atoms with van der Waals surface area (Å²) >= 11 is 0. The fourth-order valence-corrected chi connectivity index (χ4v) is 0.752. The van der Waals surface area contributed by atoms with Crippen molar-refractivity contribution >= 4 is 5.97 Å². The number of aliphatic carboxylic acids is 1. The van der Waals surface area contributed by atoms with Gasteiger partial charge in [-0.25, -0.2) is 0 Å². The molecule has 0 aliphatic carbocycles. The molecule has 0 aromatic carbocycles. The summed E-state index contributed by atoms with van der Waals surface area (Å²) in [7, 11) is 0. The van der Waals surface area contributed by atoms with Crippen LogP contribution < -0.4 is 0 Å². The van der Waals surface area contributed by atoms with Crippen LogP contribution >= 0.6 is 0 Å². The van der Waals surface area contributed by atoms with Crippen LogP contribution in [0.25, 0.3) is 0 Å². The van der Waals surface area contributed by atoms with E-state index in [4.69, 9.17) is 9.84 Å². The smallest absolute Gasteiger partial charge is 0.311 e. The maximum absolute atomic E-state index is 10.8. The van der Waals surface area contributed by atoms with Crippen LogP contribution in [0.5, 0.6) is 0 Å². The molecule has 0 amide bonds. The van der Waals surface area contributed by atoms with Gasteiger partial charge < -0.3 is 9.84 Å². The lowest BCUT2D eigenvalue weighted by Crippen LogP contribution is -2.38. The minimum absolute atomic E-state index is 0.0682. The van der Waals surface area contributed by atoms with E-state index in [0.29, 0.717) is 0 Å². The molecule has 3 heteroatoms. The van der Waals surface area contributed by atoms with Gasteiger partial charge >= 0.3 is 5.97 Å². The molecule has 72 valence electrons. The van der Waals surface area contributed by atoms with Gasteiger partial charge in [0.25, 0.3) is 0 Å². The van der Waals surface area contributed by atoms with Crippen LogP contribution in [0.1, 0.15) is 34.6 Å². The van der Waals surface area contributed by atoms with Crippen LogP contribution in [0.4, 0.5) is 0 Å². The van der Waals surface area contributed by atoms with E-state index in [0.717, 1.165) is 0 Å². The van der Waals surface area contributed by atoms with Gasteiger partial charge in [0.15, 0.2) is 0 Å². The summed E-state index contributed by atoms with van der Waals surface area (Å²) < 4.78 is 5.40. The SMILES string of the molecule is CC(C)OC(C)C(C)(C)C(=O)O. The number of ether oxygens (including phenoxy) is 1. The summed E-state index contributed by atoms with van der Waals surface area (Å²) in [6.45, 7) is 8.92. The van der Waals surface area contributed by atoms with Crippen LogP contribution in [-0.2, 0) is 9.53 Å². The van der Waals surface area contributed by atoms with Gasteiger partial charge in [0, 0.05) is 0 Å². The number of rotatable bonds is 4. The Balaban J connectivity index is 4.25. The number of carboxylic acid groups (broad SMARTS) is 1. The van der Waals surface area contributed by atoms with Crippen molar-refractivity contribution in [1.29, 1.82) is 0 Å². The zero-order valence-corrected chi connectivity index (χ0v) is 8.42. The fourth-order valence-electron chi connectivity index (χ4n) is 0.752. The minimum atomic E-state index is -0.823. The topological polar surface area (TPSA) is 46.5 Å². The molecule has 0 aliphatic heterocycles. The number of hydrogen-bond acceptors (Lipinski definition) is 2. The first-order valence-corrected chi connectivity index (χ1v) is 4.17. The van der Waals surface area contributed by atoms with E-state index in [2.05, 4.69) is 0 Å². The maximum atomic E-state index is 10.8. The van der Waals surface area contributed by atoms with E-state index >= 15 is 0 Å². The van der Waals surface area contributed by atoms with E-state index < -0.39 is 11.4 Å². The second kappa shape index (κ2) is 3.90. The quantitative estimate of drug-likeness (QED) is 0.708. The summed E-state index contributed by atoms with van der Waals surface area (Å²) in [5, 5.41) is 8.84. The molecular weight excluding hydrogens is 156 g/mol. The Kier molecular flexibility index (Phi) is 3.71. The predicted molar refractivity (Wildman–Crippen MR) is 47.1 cm³/mol. The van der Waals surface area contributed by atoms with Crippen molar-refractivity contribution in [2.75, 3.05) is 0 Å². The van der Waals surface area contributed by atoms with Crippen LogP contribution in [-0.4, -0.2) is 23.3 Å². The Morgan fingerprint density at radius 1 is 1.33 bits per heavy atom. The van der Waals surface area contributed by atoms with Gasteiger partial charge in [0.05, 0.1) is 17.6 Å². The van der Waals surface area contributed by atoms with Crippen LogP contribution in [0, 0.1) is 5.41 Å². The molecule has 1 N–H and O–H groups in total. The molecule has 1 atom stereocenters. The highest BCUT2D eigenvalue weighted by atomic mass is 16.5. The normalized spacial score (nSPS) is 14.8. The zero-order valence-electron chi connectivity index (χ0n) is 8.42. The molecule has 0 aromatic rings. The van der Waals surface area contributed by atoms with Crippen molar-refractivity contribution in [3.05, 3.63) is 0 Å². The standard InChI is InChI=1S/C9H18O3/c1-6(2)12-7(3)9(4,5)8(10)11/h6-7H,1-5H3,(H,10,11). The third-order valence-corrected chi connectivity index (χ3v) is 2.04. The van der Waals surface area contributed by atoms with Crippen molar-refractivity contribution < 1.29 is 14.6 Å². The molecule has 0 saturated carbocycles. The molecule has 1 unspecified atom stereocenters. The number of hydrogen-bond donors (Lipinski definition) is 1. The lowest BCUT2D eigenvalue weighted by molar-refractivity contribution is -0.157. The van der Waals surface area contributed by atoms with Gasteiger partial charge in [0.2, 0.25) is 0 Å². The van der Waals surface area contributed by atoms with E-state index in [9.17, 15) is 4.79 Å². The molecule has 0 rings (SSSR count). The van der Waals surface area contributed by atoms with E-state index in [1.165, 1.54) is 0 Å². The van der Waals surface area contributed by atoms with Gasteiger partial charge in [0.1, 0.15) is 0 Å². The summed E-state index contributed by atoms with van der Waals surface area (Å²) in [4.78, 5) is 10.8. The summed E-state index contributed by atoms with van der Waals surface area (Å²) in [5.74, 6) is -0.823. The molecule has 0 saturated heterocycles. The number of carbonyl (C=O) groups is 1. The molecule has 0 aromatic heterocycles. The lowest BCUT2D eigenvalue weighted by atomic mass is 9.87. The fraction of sp³-hybridized carbons (Fsp3) is 0.889. The summed E-state index contributed by atoms with van der Waals surface area (Å²) in [6, 6.07) is 0. The van der Waals surface area contributed by atoms with Crippen molar-refractivity contribution in [2.45, 2.75) is 46.8 Å². The second-order valence-corrected chi connectivity index (χ2v) is 3.85. The summed E-state index contributed by atoms with van der Waals surface area (Å²) in [6.07, 6.45) is -0.200. The molecule has 0 heterocycles. The second-order valence-electron chi connectivity index (χ2n) is 3.85. The predicted octanol–water partition coefficient (Wildman–Crippen LogP) is 1.91. The Morgan fingerprint density at radius 3 is 2.00 bits per heavy atom. The van der Waals surface area contributed by atoms with Crippen LogP contribution in [0.3, 0.4) is 0 Å². The molecule has 0 aliphatic rings. The van der Waals surface area contributed by atoms with Gasteiger partial charge in [-0.05, 0) is 34.6 Å². The molecule has 12 heavy (non-hydrogen) atoms. The van der Waals surface area contributed by atoms with E-state index in [1.54, 1.807) is 20.8 Å². The van der Waals surface area contributed by atoms with E-state index in [-0.39, 0.29) is 12.2 Å². The Labute approximate surface area is 73.7 Å². The van der Waals surface area contributed by atoms with Gasteiger partial charge in [-0.1, -0.05) is 0 Å². The Bertz CT molecular complexity index is 161. The first-order chi connectivity index (χ1) is 5.28. The third-order valence-electron chi connectivity index (χ3n) is 2.04. The zero-order chi connectivity index (χ0) is 9.94. The molecular formula is C9H18O3. The first-order valence-electron chi connectivity index (χ1n) is 4.17. The van der Waals surface area contributed by atoms with Crippen molar-refractivity contribution in [3.63, 3.8) is 0 Å². The largest absolute Gasteiger partial charge is 0.481 e. The van der Waals surface area contributed by atoms with Crippen LogP contribution in [0.2, 0.25) is 0 Å². The minimum Gasteiger partial charge on any atom is -0.481 e. The summed E-state index contributed by atoms with van der Waals surface area (Å²) in [5.41, 5.74) is -0.815. The van der Waals surface area contributed by atoms with Gasteiger partial charge in [-0.15, -0.1) is 0 Å².